The molecule has 0 aliphatic carbocycles. The van der Waals surface area contributed by atoms with E-state index in [2.05, 4.69) is 5.32 Å². The van der Waals surface area contributed by atoms with E-state index in [1.807, 2.05) is 50.2 Å². The fourth-order valence-corrected chi connectivity index (χ4v) is 2.17. The van der Waals surface area contributed by atoms with E-state index >= 15 is 0 Å². The lowest BCUT2D eigenvalue weighted by atomic mass is 10.2. The Morgan fingerprint density at radius 1 is 1.29 bits per heavy atom. The molecular formula is C15H23N3O3. The molecule has 0 aliphatic heterocycles. The standard InChI is InChI=1S/C15H23N3O3/c1-5-18(11(2)10-14(19)20)15(21)16-12-8-6-7-9-13(12)17(3)4/h6-9,11H,5,10H2,1-4H3,(H,16,21)(H,19,20). The van der Waals surface area contributed by atoms with Crippen LogP contribution in [0.2, 0.25) is 0 Å². The fourth-order valence-electron chi connectivity index (χ4n) is 2.17. The van der Waals surface area contributed by atoms with Gasteiger partial charge in [-0.15, -0.1) is 0 Å². The lowest BCUT2D eigenvalue weighted by Crippen LogP contribution is -2.42. The summed E-state index contributed by atoms with van der Waals surface area (Å²) in [5, 5.41) is 11.7. The smallest absolute Gasteiger partial charge is 0.322 e. The van der Waals surface area contributed by atoms with Crippen molar-refractivity contribution < 1.29 is 14.7 Å². The van der Waals surface area contributed by atoms with E-state index in [0.717, 1.165) is 5.69 Å². The number of aliphatic carboxylic acids is 1. The number of carboxylic acids is 1. The Balaban J connectivity index is 2.86. The van der Waals surface area contributed by atoms with Crippen molar-refractivity contribution in [3.8, 4) is 0 Å². The van der Waals surface area contributed by atoms with Gasteiger partial charge in [-0.25, -0.2) is 4.79 Å². The lowest BCUT2D eigenvalue weighted by molar-refractivity contribution is -0.137. The number of para-hydroxylation sites is 2. The number of anilines is 2. The summed E-state index contributed by atoms with van der Waals surface area (Å²) in [7, 11) is 3.80. The molecule has 0 fully saturated rings. The van der Waals surface area contributed by atoms with E-state index in [-0.39, 0.29) is 18.5 Å². The molecule has 0 bridgehead atoms. The Labute approximate surface area is 125 Å². The quantitative estimate of drug-likeness (QED) is 0.845. The highest BCUT2D eigenvalue weighted by molar-refractivity contribution is 5.93. The minimum Gasteiger partial charge on any atom is -0.481 e. The molecule has 0 heterocycles. The van der Waals surface area contributed by atoms with Crippen LogP contribution in [0.25, 0.3) is 0 Å². The second-order valence-corrected chi connectivity index (χ2v) is 5.07. The number of hydrogen-bond donors (Lipinski definition) is 2. The Bertz CT molecular complexity index is 503. The van der Waals surface area contributed by atoms with Crippen LogP contribution < -0.4 is 10.2 Å². The third-order valence-electron chi connectivity index (χ3n) is 3.23. The van der Waals surface area contributed by atoms with Gasteiger partial charge in [0.1, 0.15) is 0 Å². The van der Waals surface area contributed by atoms with Crippen LogP contribution in [0, 0.1) is 0 Å². The van der Waals surface area contributed by atoms with Crippen LogP contribution in [-0.4, -0.2) is 48.7 Å². The second-order valence-electron chi connectivity index (χ2n) is 5.07. The van der Waals surface area contributed by atoms with Gasteiger partial charge in [0.2, 0.25) is 0 Å². The van der Waals surface area contributed by atoms with E-state index in [9.17, 15) is 9.59 Å². The highest BCUT2D eigenvalue weighted by Gasteiger charge is 2.21. The van der Waals surface area contributed by atoms with Crippen molar-refractivity contribution in [2.75, 3.05) is 30.9 Å². The van der Waals surface area contributed by atoms with E-state index in [0.29, 0.717) is 12.2 Å². The van der Waals surface area contributed by atoms with Gasteiger partial charge in [-0.3, -0.25) is 4.79 Å². The number of urea groups is 1. The summed E-state index contributed by atoms with van der Waals surface area (Å²) in [4.78, 5) is 26.6. The van der Waals surface area contributed by atoms with Crippen LogP contribution in [0.5, 0.6) is 0 Å². The monoisotopic (exact) mass is 293 g/mol. The van der Waals surface area contributed by atoms with E-state index in [1.165, 1.54) is 4.90 Å². The molecule has 6 heteroatoms. The third-order valence-corrected chi connectivity index (χ3v) is 3.23. The molecule has 21 heavy (non-hydrogen) atoms. The summed E-state index contributed by atoms with van der Waals surface area (Å²) in [5.41, 5.74) is 1.60. The maximum Gasteiger partial charge on any atom is 0.322 e. The predicted molar refractivity (Wildman–Crippen MR) is 83.9 cm³/mol. The second kappa shape index (κ2) is 7.52. The first-order chi connectivity index (χ1) is 9.86. The van der Waals surface area contributed by atoms with Gasteiger partial charge in [0.15, 0.2) is 0 Å². The molecule has 6 nitrogen and oxygen atoms in total. The molecule has 0 aliphatic rings. The molecule has 0 saturated carbocycles. The number of rotatable bonds is 6. The molecule has 0 saturated heterocycles. The highest BCUT2D eigenvalue weighted by Crippen LogP contribution is 2.24. The Kier molecular flexibility index (Phi) is 6.02. The van der Waals surface area contributed by atoms with Gasteiger partial charge in [0.05, 0.1) is 17.8 Å². The van der Waals surface area contributed by atoms with Crippen LogP contribution in [-0.2, 0) is 4.79 Å². The molecule has 1 atom stereocenters. The van der Waals surface area contributed by atoms with Crippen molar-refractivity contribution in [1.29, 1.82) is 0 Å². The molecule has 1 unspecified atom stereocenters. The fraction of sp³-hybridized carbons (Fsp3) is 0.467. The summed E-state index contributed by atoms with van der Waals surface area (Å²) in [6, 6.07) is 6.82. The number of amides is 2. The summed E-state index contributed by atoms with van der Waals surface area (Å²) in [6.45, 7) is 4.01. The molecule has 0 spiro atoms. The van der Waals surface area contributed by atoms with Gasteiger partial charge in [0, 0.05) is 26.7 Å². The van der Waals surface area contributed by atoms with Gasteiger partial charge >= 0.3 is 12.0 Å². The molecule has 2 N–H and O–H groups in total. The number of benzene rings is 1. The van der Waals surface area contributed by atoms with Crippen molar-refractivity contribution in [3.05, 3.63) is 24.3 Å². The molecular weight excluding hydrogens is 270 g/mol. The van der Waals surface area contributed by atoms with Crippen molar-refractivity contribution in [1.82, 2.24) is 4.90 Å². The first-order valence-corrected chi connectivity index (χ1v) is 6.92. The number of nitrogens with one attached hydrogen (secondary N) is 1. The van der Waals surface area contributed by atoms with Crippen molar-refractivity contribution in [2.45, 2.75) is 26.3 Å². The number of carboxylic acid groups (broad SMARTS) is 1. The van der Waals surface area contributed by atoms with Gasteiger partial charge < -0.3 is 20.2 Å². The Hall–Kier alpha value is -2.24. The maximum atomic E-state index is 12.3. The van der Waals surface area contributed by atoms with E-state index in [1.54, 1.807) is 6.92 Å². The van der Waals surface area contributed by atoms with Crippen molar-refractivity contribution in [3.63, 3.8) is 0 Å². The Morgan fingerprint density at radius 2 is 1.90 bits per heavy atom. The average molecular weight is 293 g/mol. The van der Waals surface area contributed by atoms with E-state index < -0.39 is 5.97 Å². The number of hydrogen-bond acceptors (Lipinski definition) is 3. The zero-order valence-corrected chi connectivity index (χ0v) is 13.0. The minimum atomic E-state index is -0.914. The average Bonchev–Trinajstić information content (AvgIpc) is 2.38. The molecule has 116 valence electrons. The number of carbonyl (C=O) groups excluding carboxylic acids is 1. The molecule has 0 aromatic heterocycles. The number of carbonyl (C=O) groups is 2. The summed E-state index contributed by atoms with van der Waals surface area (Å²) in [6.07, 6.45) is -0.0728. The molecule has 0 radical (unpaired) electrons. The van der Waals surface area contributed by atoms with Crippen LogP contribution >= 0.6 is 0 Å². The largest absolute Gasteiger partial charge is 0.481 e. The summed E-state index contributed by atoms with van der Waals surface area (Å²) >= 11 is 0. The maximum absolute atomic E-state index is 12.3. The topological polar surface area (TPSA) is 72.9 Å². The van der Waals surface area contributed by atoms with Crippen LogP contribution in [0.4, 0.5) is 16.2 Å². The predicted octanol–water partition coefficient (Wildman–Crippen LogP) is 2.47. The normalized spacial score (nSPS) is 11.6. The zero-order chi connectivity index (χ0) is 16.0. The zero-order valence-electron chi connectivity index (χ0n) is 13.0. The molecule has 1 rings (SSSR count). The minimum absolute atomic E-state index is 0.0728. The van der Waals surface area contributed by atoms with Gasteiger partial charge in [-0.1, -0.05) is 12.1 Å². The SMILES string of the molecule is CCN(C(=O)Nc1ccccc1N(C)C)C(C)CC(=O)O. The van der Waals surface area contributed by atoms with E-state index in [4.69, 9.17) is 5.11 Å². The lowest BCUT2D eigenvalue weighted by Gasteiger charge is -2.28. The molecule has 1 aromatic rings. The number of nitrogens with zero attached hydrogens (tertiary/aromatic N) is 2. The first kappa shape index (κ1) is 16.8. The summed E-state index contributed by atoms with van der Waals surface area (Å²) in [5.74, 6) is -0.914. The first-order valence-electron chi connectivity index (χ1n) is 6.92. The Morgan fingerprint density at radius 3 is 2.43 bits per heavy atom. The van der Waals surface area contributed by atoms with Crippen LogP contribution in [0.3, 0.4) is 0 Å². The summed E-state index contributed by atoms with van der Waals surface area (Å²) < 4.78 is 0. The third kappa shape index (κ3) is 4.66. The van der Waals surface area contributed by atoms with Crippen LogP contribution in [0.1, 0.15) is 20.3 Å². The van der Waals surface area contributed by atoms with Gasteiger partial charge in [-0.05, 0) is 26.0 Å². The molecule has 1 aromatic carbocycles. The van der Waals surface area contributed by atoms with Crippen molar-refractivity contribution in [2.24, 2.45) is 0 Å². The van der Waals surface area contributed by atoms with Gasteiger partial charge in [-0.2, -0.15) is 0 Å². The van der Waals surface area contributed by atoms with Crippen LogP contribution in [0.15, 0.2) is 24.3 Å². The van der Waals surface area contributed by atoms with Crippen molar-refractivity contribution >= 4 is 23.4 Å². The highest BCUT2D eigenvalue weighted by atomic mass is 16.4. The molecule has 2 amide bonds. The van der Waals surface area contributed by atoms with Gasteiger partial charge in [0.25, 0.3) is 0 Å².